The maximum Gasteiger partial charge on any atom is 0.275 e. The van der Waals surface area contributed by atoms with E-state index in [-0.39, 0.29) is 33.3 Å². The highest BCUT2D eigenvalue weighted by molar-refractivity contribution is 7.10. The van der Waals surface area contributed by atoms with Crippen molar-refractivity contribution in [1.29, 1.82) is 0 Å². The number of nitrogens with one attached hydrogen (secondary N) is 1. The summed E-state index contributed by atoms with van der Waals surface area (Å²) in [6.45, 7) is 1.12. The molecule has 0 atom stereocenters. The van der Waals surface area contributed by atoms with Gasteiger partial charge in [0, 0.05) is 41.5 Å². The first-order chi connectivity index (χ1) is 17.8. The summed E-state index contributed by atoms with van der Waals surface area (Å²) >= 11 is 13.3. The molecule has 0 spiro atoms. The Hall–Kier alpha value is -3.40. The Kier molecular flexibility index (Phi) is 7.19. The summed E-state index contributed by atoms with van der Waals surface area (Å²) in [5, 5.41) is 15.9. The van der Waals surface area contributed by atoms with Crippen molar-refractivity contribution in [2.75, 3.05) is 25.5 Å². The Bertz CT molecular complexity index is 1480. The smallest absolute Gasteiger partial charge is 0.275 e. The van der Waals surface area contributed by atoms with Crippen LogP contribution in [0, 0.1) is 0 Å². The number of carbonyl (C=O) groups is 2. The van der Waals surface area contributed by atoms with Gasteiger partial charge in [0.1, 0.15) is 17.1 Å². The number of phenols is 1. The van der Waals surface area contributed by atoms with E-state index >= 15 is 0 Å². The van der Waals surface area contributed by atoms with Crippen molar-refractivity contribution in [2.45, 2.75) is 18.8 Å². The Morgan fingerprint density at radius 1 is 1.08 bits per heavy atom. The van der Waals surface area contributed by atoms with Crippen molar-refractivity contribution in [1.82, 2.24) is 14.9 Å². The number of halogens is 2. The number of nitrogens with zero attached hydrogens (tertiary/aromatic N) is 3. The molecule has 5 rings (SSSR count). The van der Waals surface area contributed by atoms with Crippen molar-refractivity contribution in [3.05, 3.63) is 74.3 Å². The SMILES string of the molecule is COc1cc(C(=O)N2CCC(c3nc(C(=O)Nc4cc(Cl)c(O)c(Cl)c4)cs3)CC2)nc2ccccc12. The second kappa shape index (κ2) is 10.5. The van der Waals surface area contributed by atoms with E-state index in [0.717, 1.165) is 23.2 Å². The molecule has 4 aromatic rings. The molecule has 11 heteroatoms. The molecule has 0 bridgehead atoms. The average molecular weight is 557 g/mol. The topological polar surface area (TPSA) is 105 Å². The number of carbonyl (C=O) groups excluding carboxylic acids is 2. The summed E-state index contributed by atoms with van der Waals surface area (Å²) in [6, 6.07) is 12.1. The van der Waals surface area contributed by atoms with Crippen LogP contribution in [0.25, 0.3) is 10.9 Å². The van der Waals surface area contributed by atoms with Crippen molar-refractivity contribution in [3.63, 3.8) is 0 Å². The van der Waals surface area contributed by atoms with Crippen LogP contribution in [0.15, 0.2) is 47.8 Å². The molecule has 2 aromatic carbocycles. The van der Waals surface area contributed by atoms with E-state index < -0.39 is 5.91 Å². The fourth-order valence-electron chi connectivity index (χ4n) is 4.33. The van der Waals surface area contributed by atoms with Gasteiger partial charge in [-0.05, 0) is 37.1 Å². The van der Waals surface area contributed by atoms with Gasteiger partial charge < -0.3 is 20.1 Å². The van der Waals surface area contributed by atoms with Gasteiger partial charge in [-0.25, -0.2) is 9.97 Å². The molecule has 0 radical (unpaired) electrons. The van der Waals surface area contributed by atoms with Gasteiger partial charge in [-0.1, -0.05) is 35.3 Å². The third-order valence-corrected chi connectivity index (χ3v) is 7.86. The van der Waals surface area contributed by atoms with E-state index in [1.54, 1.807) is 23.5 Å². The zero-order chi connectivity index (χ0) is 26.1. The van der Waals surface area contributed by atoms with Crippen molar-refractivity contribution in [2.24, 2.45) is 0 Å². The normalized spacial score (nSPS) is 14.1. The van der Waals surface area contributed by atoms with Crippen LogP contribution in [0.1, 0.15) is 44.7 Å². The second-order valence-corrected chi connectivity index (χ2v) is 10.3. The molecule has 37 heavy (non-hydrogen) atoms. The van der Waals surface area contributed by atoms with Crippen LogP contribution in [0.2, 0.25) is 10.0 Å². The first-order valence-corrected chi connectivity index (χ1v) is 13.2. The van der Waals surface area contributed by atoms with Crippen molar-refractivity contribution in [3.8, 4) is 11.5 Å². The summed E-state index contributed by atoms with van der Waals surface area (Å²) in [7, 11) is 1.58. The highest BCUT2D eigenvalue weighted by atomic mass is 35.5. The summed E-state index contributed by atoms with van der Waals surface area (Å²) in [5.41, 5.74) is 1.71. The molecule has 1 fully saturated rings. The number of para-hydroxylation sites is 1. The van der Waals surface area contributed by atoms with Crippen LogP contribution in [0.3, 0.4) is 0 Å². The molecule has 0 aliphatic carbocycles. The minimum absolute atomic E-state index is 0.0420. The number of anilines is 1. The first-order valence-electron chi connectivity index (χ1n) is 11.5. The van der Waals surface area contributed by atoms with Gasteiger partial charge in [-0.15, -0.1) is 11.3 Å². The molecule has 190 valence electrons. The van der Waals surface area contributed by atoms with Crippen LogP contribution >= 0.6 is 34.5 Å². The number of fused-ring (bicyclic) bond motifs is 1. The van der Waals surface area contributed by atoms with E-state index in [0.29, 0.717) is 35.7 Å². The van der Waals surface area contributed by atoms with Gasteiger partial charge in [0.15, 0.2) is 5.75 Å². The van der Waals surface area contributed by atoms with Crippen molar-refractivity contribution >= 4 is 62.9 Å². The maximum absolute atomic E-state index is 13.2. The number of piperidine rings is 1. The molecular weight excluding hydrogens is 535 g/mol. The van der Waals surface area contributed by atoms with Gasteiger partial charge in [-0.3, -0.25) is 9.59 Å². The molecule has 8 nitrogen and oxygen atoms in total. The lowest BCUT2D eigenvalue weighted by molar-refractivity contribution is 0.0707. The number of pyridine rings is 1. The number of ether oxygens (including phenoxy) is 1. The van der Waals surface area contributed by atoms with Gasteiger partial charge in [0.2, 0.25) is 0 Å². The number of rotatable bonds is 5. The summed E-state index contributed by atoms with van der Waals surface area (Å²) < 4.78 is 5.48. The van der Waals surface area contributed by atoms with Gasteiger partial charge in [0.05, 0.1) is 27.7 Å². The van der Waals surface area contributed by atoms with E-state index in [9.17, 15) is 14.7 Å². The van der Waals surface area contributed by atoms with Crippen LogP contribution < -0.4 is 10.1 Å². The molecule has 3 heterocycles. The number of aromatic nitrogens is 2. The predicted molar refractivity (Wildman–Crippen MR) is 144 cm³/mol. The number of methoxy groups -OCH3 is 1. The minimum atomic E-state index is -0.399. The summed E-state index contributed by atoms with van der Waals surface area (Å²) in [4.78, 5) is 36.8. The lowest BCUT2D eigenvalue weighted by Crippen LogP contribution is -2.38. The third kappa shape index (κ3) is 5.20. The van der Waals surface area contributed by atoms with Crippen LogP contribution in [-0.4, -0.2) is 52.0 Å². The Morgan fingerprint density at radius 2 is 1.78 bits per heavy atom. The minimum Gasteiger partial charge on any atom is -0.505 e. The molecule has 0 saturated carbocycles. The molecular formula is C26H22Cl2N4O4S. The van der Waals surface area contributed by atoms with Crippen LogP contribution in [-0.2, 0) is 0 Å². The quantitative estimate of drug-likeness (QED) is 0.293. The van der Waals surface area contributed by atoms with E-state index in [4.69, 9.17) is 27.9 Å². The number of thiazole rings is 1. The number of likely N-dealkylation sites (tertiary alicyclic amines) is 1. The largest absolute Gasteiger partial charge is 0.505 e. The van der Waals surface area contributed by atoms with Crippen molar-refractivity contribution < 1.29 is 19.4 Å². The molecule has 1 aliphatic rings. The van der Waals surface area contributed by atoms with Gasteiger partial charge in [-0.2, -0.15) is 0 Å². The van der Waals surface area contributed by atoms with Crippen LogP contribution in [0.4, 0.5) is 5.69 Å². The number of hydrogen-bond acceptors (Lipinski definition) is 7. The Balaban J connectivity index is 1.23. The lowest BCUT2D eigenvalue weighted by atomic mass is 9.97. The Morgan fingerprint density at radius 3 is 2.49 bits per heavy atom. The maximum atomic E-state index is 13.2. The zero-order valence-corrected chi connectivity index (χ0v) is 22.0. The molecule has 1 saturated heterocycles. The number of amides is 2. The summed E-state index contributed by atoms with van der Waals surface area (Å²) in [6.07, 6.45) is 1.46. The fraction of sp³-hybridized carbons (Fsp3) is 0.231. The predicted octanol–water partition coefficient (Wildman–Crippen LogP) is 5.98. The van der Waals surface area contributed by atoms with E-state index in [2.05, 4.69) is 15.3 Å². The molecule has 2 aromatic heterocycles. The fourth-order valence-corrected chi connectivity index (χ4v) is 5.78. The summed E-state index contributed by atoms with van der Waals surface area (Å²) in [5.74, 6) is -0.00337. The average Bonchev–Trinajstić information content (AvgIpc) is 3.41. The monoisotopic (exact) mass is 556 g/mol. The second-order valence-electron chi connectivity index (χ2n) is 8.61. The number of hydrogen-bond donors (Lipinski definition) is 2. The zero-order valence-electron chi connectivity index (χ0n) is 19.7. The number of aromatic hydroxyl groups is 1. The molecule has 2 N–H and O–H groups in total. The highest BCUT2D eigenvalue weighted by Crippen LogP contribution is 2.35. The highest BCUT2D eigenvalue weighted by Gasteiger charge is 2.28. The van der Waals surface area contributed by atoms with E-state index in [1.807, 2.05) is 24.3 Å². The standard InChI is InChI=1S/C26H22Cl2N4O4S/c1-36-22-12-20(30-19-5-3-2-4-16(19)22)26(35)32-8-6-14(7-9-32)25-31-21(13-37-25)24(34)29-15-10-17(27)23(33)18(28)11-15/h2-5,10-14,33H,6-9H2,1H3,(H,29,34). The Labute approximate surface area is 226 Å². The third-order valence-electron chi connectivity index (χ3n) is 6.28. The van der Waals surface area contributed by atoms with Crippen LogP contribution in [0.5, 0.6) is 11.5 Å². The molecule has 0 unspecified atom stereocenters. The molecule has 2 amide bonds. The number of phenolic OH excluding ortho intramolecular Hbond substituents is 1. The van der Waals surface area contributed by atoms with E-state index in [1.165, 1.54) is 23.5 Å². The first kappa shape index (κ1) is 25.3. The molecule has 1 aliphatic heterocycles. The number of benzene rings is 2. The van der Waals surface area contributed by atoms with Gasteiger partial charge >= 0.3 is 0 Å². The lowest BCUT2D eigenvalue weighted by Gasteiger charge is -2.31. The van der Waals surface area contributed by atoms with Gasteiger partial charge in [0.25, 0.3) is 11.8 Å².